The number of hydrogen-bond donors (Lipinski definition) is 2. The molecule has 2 aromatic carbocycles. The summed E-state index contributed by atoms with van der Waals surface area (Å²) in [4.78, 5) is 0. The smallest absolute Gasteiger partial charge is 0.120 e. The highest BCUT2D eigenvalue weighted by Gasteiger charge is 2.13. The van der Waals surface area contributed by atoms with E-state index in [2.05, 4.69) is 41.5 Å². The van der Waals surface area contributed by atoms with E-state index < -0.39 is 0 Å². The zero-order valence-corrected chi connectivity index (χ0v) is 16.2. The van der Waals surface area contributed by atoms with E-state index in [4.69, 9.17) is 10.00 Å². The average Bonchev–Trinajstić information content (AvgIpc) is 3.24. The Morgan fingerprint density at radius 1 is 1.21 bits per heavy atom. The molecule has 4 nitrogen and oxygen atoms in total. The molecular formula is C24H27N3O. The highest BCUT2D eigenvalue weighted by Crippen LogP contribution is 2.20. The van der Waals surface area contributed by atoms with Crippen LogP contribution in [-0.4, -0.2) is 26.2 Å². The number of nitriles is 1. The van der Waals surface area contributed by atoms with E-state index in [1.54, 1.807) is 6.08 Å². The van der Waals surface area contributed by atoms with Gasteiger partial charge < -0.3 is 15.4 Å². The second-order valence-corrected chi connectivity index (χ2v) is 7.07. The van der Waals surface area contributed by atoms with Gasteiger partial charge in [-0.1, -0.05) is 43.0 Å². The van der Waals surface area contributed by atoms with Gasteiger partial charge in [0.15, 0.2) is 0 Å². The summed E-state index contributed by atoms with van der Waals surface area (Å²) in [6, 6.07) is 16.0. The van der Waals surface area contributed by atoms with Crippen molar-refractivity contribution in [2.75, 3.05) is 26.2 Å². The molecule has 0 saturated carbocycles. The van der Waals surface area contributed by atoms with Crippen LogP contribution >= 0.6 is 0 Å². The minimum Gasteiger partial charge on any atom is -0.490 e. The zero-order chi connectivity index (χ0) is 19.6. The van der Waals surface area contributed by atoms with E-state index in [0.29, 0.717) is 18.1 Å². The van der Waals surface area contributed by atoms with E-state index in [1.165, 1.54) is 12.0 Å². The number of nitrogens with zero attached hydrogens (tertiary/aromatic N) is 1. The average molecular weight is 374 g/mol. The van der Waals surface area contributed by atoms with Gasteiger partial charge in [-0.05, 0) is 72.9 Å². The molecule has 28 heavy (non-hydrogen) atoms. The first-order valence-electron chi connectivity index (χ1n) is 9.74. The number of ether oxygens (including phenoxy) is 1. The molecule has 0 radical (unpaired) electrons. The van der Waals surface area contributed by atoms with E-state index in [-0.39, 0.29) is 0 Å². The van der Waals surface area contributed by atoms with Crippen LogP contribution in [0.4, 0.5) is 0 Å². The molecule has 0 bridgehead atoms. The fraction of sp³-hybridized carbons (Fsp3) is 0.292. The maximum atomic E-state index is 9.05. The van der Waals surface area contributed by atoms with Gasteiger partial charge in [-0.15, -0.1) is 0 Å². The van der Waals surface area contributed by atoms with Crippen molar-refractivity contribution in [2.24, 2.45) is 5.92 Å². The Hall–Kier alpha value is -2.87. The van der Waals surface area contributed by atoms with Crippen LogP contribution in [-0.2, 0) is 6.54 Å². The van der Waals surface area contributed by atoms with Gasteiger partial charge in [0.1, 0.15) is 12.4 Å². The maximum Gasteiger partial charge on any atom is 0.120 e. The van der Waals surface area contributed by atoms with Crippen LogP contribution < -0.4 is 15.4 Å². The van der Waals surface area contributed by atoms with Crippen LogP contribution in [0.15, 0.2) is 55.1 Å². The Kier molecular flexibility index (Phi) is 7.43. The van der Waals surface area contributed by atoms with E-state index in [9.17, 15) is 0 Å². The molecule has 1 atom stereocenters. The molecular weight excluding hydrogens is 346 g/mol. The van der Waals surface area contributed by atoms with Gasteiger partial charge >= 0.3 is 0 Å². The number of rotatable bonds is 9. The molecule has 1 unspecified atom stereocenters. The fourth-order valence-corrected chi connectivity index (χ4v) is 3.34. The van der Waals surface area contributed by atoms with Crippen LogP contribution in [0.5, 0.6) is 5.75 Å². The topological polar surface area (TPSA) is 57.1 Å². The van der Waals surface area contributed by atoms with Crippen LogP contribution in [0, 0.1) is 17.2 Å². The molecule has 0 amide bonds. The molecule has 0 aliphatic carbocycles. The summed E-state index contributed by atoms with van der Waals surface area (Å²) in [5.74, 6) is 1.55. The molecule has 1 saturated heterocycles. The van der Waals surface area contributed by atoms with Crippen molar-refractivity contribution in [3.63, 3.8) is 0 Å². The second kappa shape index (κ2) is 10.5. The van der Waals surface area contributed by atoms with Gasteiger partial charge in [-0.25, -0.2) is 0 Å². The monoisotopic (exact) mass is 373 g/mol. The molecule has 144 valence electrons. The Bertz CT molecular complexity index is 860. The van der Waals surface area contributed by atoms with Gasteiger partial charge in [0, 0.05) is 6.54 Å². The fourth-order valence-electron chi connectivity index (χ4n) is 3.34. The lowest BCUT2D eigenvalue weighted by Crippen LogP contribution is -2.24. The molecule has 2 aromatic rings. The lowest BCUT2D eigenvalue weighted by Gasteiger charge is -2.12. The van der Waals surface area contributed by atoms with E-state index >= 15 is 0 Å². The third kappa shape index (κ3) is 6.09. The summed E-state index contributed by atoms with van der Waals surface area (Å²) >= 11 is 0. The van der Waals surface area contributed by atoms with Crippen molar-refractivity contribution >= 4 is 12.2 Å². The quantitative estimate of drug-likeness (QED) is 0.515. The predicted octanol–water partition coefficient (Wildman–Crippen LogP) is 3.99. The van der Waals surface area contributed by atoms with E-state index in [1.807, 2.05) is 36.4 Å². The van der Waals surface area contributed by atoms with Crippen molar-refractivity contribution < 1.29 is 4.74 Å². The zero-order valence-electron chi connectivity index (χ0n) is 16.2. The number of benzene rings is 2. The molecule has 1 fully saturated rings. The third-order valence-corrected chi connectivity index (χ3v) is 4.76. The molecule has 1 aliphatic heterocycles. The van der Waals surface area contributed by atoms with Gasteiger partial charge in [-0.2, -0.15) is 5.26 Å². The predicted molar refractivity (Wildman–Crippen MR) is 115 cm³/mol. The second-order valence-electron chi connectivity index (χ2n) is 7.07. The molecule has 1 heterocycles. The van der Waals surface area contributed by atoms with Crippen LogP contribution in [0.1, 0.15) is 28.7 Å². The number of hydrogen-bond acceptors (Lipinski definition) is 4. The summed E-state index contributed by atoms with van der Waals surface area (Å²) in [6.45, 7) is 8.27. The van der Waals surface area contributed by atoms with Crippen molar-refractivity contribution in [2.45, 2.75) is 13.0 Å². The van der Waals surface area contributed by atoms with Gasteiger partial charge in [0.2, 0.25) is 0 Å². The molecule has 0 spiro atoms. The van der Waals surface area contributed by atoms with Crippen LogP contribution in [0.25, 0.3) is 12.2 Å². The highest BCUT2D eigenvalue weighted by atomic mass is 16.5. The molecule has 2 N–H and O–H groups in total. The first-order chi connectivity index (χ1) is 13.8. The van der Waals surface area contributed by atoms with Crippen molar-refractivity contribution in [3.05, 3.63) is 77.4 Å². The van der Waals surface area contributed by atoms with Crippen molar-refractivity contribution in [1.82, 2.24) is 10.6 Å². The Morgan fingerprint density at radius 3 is 2.89 bits per heavy atom. The number of nitrogens with one attached hydrogen (secondary N) is 2. The van der Waals surface area contributed by atoms with E-state index in [0.717, 1.165) is 43.1 Å². The van der Waals surface area contributed by atoms with Crippen LogP contribution in [0.2, 0.25) is 0 Å². The lowest BCUT2D eigenvalue weighted by molar-refractivity contribution is 0.362. The first kappa shape index (κ1) is 19.9. The van der Waals surface area contributed by atoms with Gasteiger partial charge in [-0.3, -0.25) is 0 Å². The minimum absolute atomic E-state index is 0.484. The highest BCUT2D eigenvalue weighted by molar-refractivity contribution is 5.71. The minimum atomic E-state index is 0.484. The summed E-state index contributed by atoms with van der Waals surface area (Å²) in [5, 5.41) is 16.0. The summed E-state index contributed by atoms with van der Waals surface area (Å²) < 4.78 is 5.77. The Balaban J connectivity index is 1.71. The Labute approximate surface area is 167 Å². The van der Waals surface area contributed by atoms with Crippen molar-refractivity contribution in [1.29, 1.82) is 5.26 Å². The largest absolute Gasteiger partial charge is 0.490 e. The Morgan fingerprint density at radius 2 is 2.11 bits per heavy atom. The normalized spacial score (nSPS) is 16.2. The standard InChI is InChI=1S/C24H27N3O/c1-2-10-28-24-13-20(7-6-19-4-3-5-21(11-19)15-25)12-23(14-24)18-27-17-22-8-9-26-16-22/h2-7,11-14,22,26-27H,1,8-10,16-18H2/b7-6+. The summed E-state index contributed by atoms with van der Waals surface area (Å²) in [5.41, 5.74) is 3.93. The summed E-state index contributed by atoms with van der Waals surface area (Å²) in [7, 11) is 0. The maximum absolute atomic E-state index is 9.05. The first-order valence-corrected chi connectivity index (χ1v) is 9.74. The lowest BCUT2D eigenvalue weighted by atomic mass is 10.1. The third-order valence-electron chi connectivity index (χ3n) is 4.76. The van der Waals surface area contributed by atoms with Crippen LogP contribution in [0.3, 0.4) is 0 Å². The molecule has 4 heteroatoms. The van der Waals surface area contributed by atoms with Gasteiger partial charge in [0.05, 0.1) is 11.6 Å². The SMILES string of the molecule is C=CCOc1cc(/C=C/c2cccc(C#N)c2)cc(CNCC2CCNC2)c1. The molecule has 0 aromatic heterocycles. The summed E-state index contributed by atoms with van der Waals surface area (Å²) in [6.07, 6.45) is 7.07. The molecule has 3 rings (SSSR count). The van der Waals surface area contributed by atoms with Crippen molar-refractivity contribution in [3.8, 4) is 11.8 Å². The molecule has 1 aliphatic rings. The van der Waals surface area contributed by atoms with Gasteiger partial charge in [0.25, 0.3) is 0 Å².